The first kappa shape index (κ1) is 31.4. The van der Waals surface area contributed by atoms with Crippen LogP contribution < -0.4 is 0 Å². The number of fused-ring (bicyclic) bond motifs is 5. The van der Waals surface area contributed by atoms with Gasteiger partial charge in [-0.3, -0.25) is 0 Å². The highest BCUT2D eigenvalue weighted by molar-refractivity contribution is 5.28. The zero-order chi connectivity index (χ0) is 29.7. The Hall–Kier alpha value is -1.02. The van der Waals surface area contributed by atoms with Crippen LogP contribution in [0.1, 0.15) is 92.4 Å². The summed E-state index contributed by atoms with van der Waals surface area (Å²) in [5.74, 6) is 3.61. The van der Waals surface area contributed by atoms with Gasteiger partial charge in [-0.2, -0.15) is 0 Å². The van der Waals surface area contributed by atoms with Crippen LogP contribution in [-0.2, 0) is 9.47 Å². The average Bonchev–Trinajstić information content (AvgIpc) is 3.30. The fourth-order valence-corrected chi connectivity index (χ4v) is 9.96. The normalized spacial score (nSPS) is 47.7. The Labute approximate surface area is 247 Å². The SMILES string of the molecule is C=C(C)C(/C=C/C(C)C1CCC2C3=CCC4CC(OC5OC(CO)C(O)C(O)C5O)CCC4(C)C3CCC21C)CC. The lowest BCUT2D eigenvalue weighted by Crippen LogP contribution is -2.60. The lowest BCUT2D eigenvalue weighted by Gasteiger charge is -2.58. The molecule has 4 fully saturated rings. The van der Waals surface area contributed by atoms with E-state index in [0.29, 0.717) is 35.0 Å². The van der Waals surface area contributed by atoms with Gasteiger partial charge in [0.2, 0.25) is 0 Å². The minimum absolute atomic E-state index is 0.0760. The van der Waals surface area contributed by atoms with E-state index >= 15 is 0 Å². The van der Waals surface area contributed by atoms with E-state index < -0.39 is 37.3 Å². The number of hydrogen-bond acceptors (Lipinski definition) is 6. The van der Waals surface area contributed by atoms with Gasteiger partial charge in [0, 0.05) is 0 Å². The highest BCUT2D eigenvalue weighted by Crippen LogP contribution is 2.67. The molecule has 4 aliphatic carbocycles. The van der Waals surface area contributed by atoms with Crippen LogP contribution in [0.2, 0.25) is 0 Å². The van der Waals surface area contributed by atoms with Gasteiger partial charge in [-0.05, 0) is 111 Å². The molecule has 6 nitrogen and oxygen atoms in total. The summed E-state index contributed by atoms with van der Waals surface area (Å²) in [6.45, 7) is 15.7. The Bertz CT molecular complexity index is 1000. The monoisotopic (exact) mass is 572 g/mol. The first-order valence-corrected chi connectivity index (χ1v) is 16.4. The van der Waals surface area contributed by atoms with Gasteiger partial charge >= 0.3 is 0 Å². The second-order valence-electron chi connectivity index (χ2n) is 14.8. The van der Waals surface area contributed by atoms with Crippen molar-refractivity contribution in [1.82, 2.24) is 0 Å². The van der Waals surface area contributed by atoms with Gasteiger partial charge < -0.3 is 29.9 Å². The Morgan fingerprint density at radius 1 is 1.05 bits per heavy atom. The average molecular weight is 573 g/mol. The van der Waals surface area contributed by atoms with Crippen LogP contribution in [0.5, 0.6) is 0 Å². The Morgan fingerprint density at radius 2 is 1.76 bits per heavy atom. The zero-order valence-electron chi connectivity index (χ0n) is 26.0. The van der Waals surface area contributed by atoms with Crippen molar-refractivity contribution in [3.05, 3.63) is 36.0 Å². The first-order valence-electron chi connectivity index (χ1n) is 16.4. The largest absolute Gasteiger partial charge is 0.394 e. The third kappa shape index (κ3) is 5.55. The topological polar surface area (TPSA) is 99.4 Å². The summed E-state index contributed by atoms with van der Waals surface area (Å²) >= 11 is 0. The molecule has 6 heteroatoms. The predicted molar refractivity (Wildman–Crippen MR) is 161 cm³/mol. The second kappa shape index (κ2) is 12.2. The summed E-state index contributed by atoms with van der Waals surface area (Å²) in [6.07, 6.45) is 11.6. The molecule has 1 saturated heterocycles. The third-order valence-electron chi connectivity index (χ3n) is 12.6. The zero-order valence-corrected chi connectivity index (χ0v) is 26.0. The van der Waals surface area contributed by atoms with E-state index in [1.165, 1.54) is 31.3 Å². The van der Waals surface area contributed by atoms with Gasteiger partial charge in [-0.1, -0.05) is 63.6 Å². The van der Waals surface area contributed by atoms with Gasteiger partial charge in [-0.15, -0.1) is 0 Å². The Balaban J connectivity index is 1.26. The van der Waals surface area contributed by atoms with E-state index in [4.69, 9.17) is 9.47 Å². The van der Waals surface area contributed by atoms with E-state index in [1.54, 1.807) is 5.57 Å². The third-order valence-corrected chi connectivity index (χ3v) is 12.6. The lowest BCUT2D eigenvalue weighted by molar-refractivity contribution is -0.315. The molecular formula is C35H56O6. The van der Waals surface area contributed by atoms with Crippen molar-refractivity contribution in [1.29, 1.82) is 0 Å². The molecule has 1 aliphatic heterocycles. The highest BCUT2D eigenvalue weighted by Gasteiger charge is 2.58. The minimum Gasteiger partial charge on any atom is -0.394 e. The highest BCUT2D eigenvalue weighted by atomic mass is 16.7. The number of hydrogen-bond donors (Lipinski definition) is 4. The summed E-state index contributed by atoms with van der Waals surface area (Å²) < 4.78 is 11.9. The van der Waals surface area contributed by atoms with Crippen molar-refractivity contribution in [2.75, 3.05) is 6.61 Å². The summed E-state index contributed by atoms with van der Waals surface area (Å²) in [4.78, 5) is 0. The van der Waals surface area contributed by atoms with Crippen LogP contribution in [-0.4, -0.2) is 63.8 Å². The molecule has 0 bridgehead atoms. The molecule has 0 aromatic carbocycles. The lowest BCUT2D eigenvalue weighted by atomic mass is 9.47. The van der Waals surface area contributed by atoms with Gasteiger partial charge in [0.05, 0.1) is 12.7 Å². The van der Waals surface area contributed by atoms with Crippen LogP contribution in [0.15, 0.2) is 36.0 Å². The number of ether oxygens (including phenoxy) is 2. The maximum Gasteiger partial charge on any atom is 0.186 e. The van der Waals surface area contributed by atoms with E-state index in [0.717, 1.165) is 38.0 Å². The van der Waals surface area contributed by atoms with Crippen molar-refractivity contribution in [3.63, 3.8) is 0 Å². The first-order chi connectivity index (χ1) is 19.4. The maximum atomic E-state index is 10.5. The Kier molecular flexibility index (Phi) is 9.32. The van der Waals surface area contributed by atoms with Crippen molar-refractivity contribution >= 4 is 0 Å². The van der Waals surface area contributed by atoms with E-state index in [-0.39, 0.29) is 11.5 Å². The molecule has 0 spiro atoms. The fraction of sp³-hybridized carbons (Fsp3) is 0.829. The summed E-state index contributed by atoms with van der Waals surface area (Å²) in [7, 11) is 0. The summed E-state index contributed by atoms with van der Waals surface area (Å²) in [5.41, 5.74) is 3.62. The van der Waals surface area contributed by atoms with Crippen LogP contribution in [0.25, 0.3) is 0 Å². The Morgan fingerprint density at radius 3 is 2.44 bits per heavy atom. The molecule has 14 unspecified atom stereocenters. The van der Waals surface area contributed by atoms with Crippen molar-refractivity contribution in [2.45, 2.75) is 129 Å². The molecule has 1 heterocycles. The van der Waals surface area contributed by atoms with Gasteiger partial charge in [0.25, 0.3) is 0 Å². The molecule has 3 saturated carbocycles. The van der Waals surface area contributed by atoms with E-state index in [1.807, 2.05) is 0 Å². The molecule has 5 aliphatic rings. The predicted octanol–water partition coefficient (Wildman–Crippen LogP) is 5.55. The van der Waals surface area contributed by atoms with E-state index in [2.05, 4.69) is 59.4 Å². The molecule has 5 rings (SSSR count). The fourth-order valence-electron chi connectivity index (χ4n) is 9.96. The molecule has 0 aromatic heterocycles. The van der Waals surface area contributed by atoms with Crippen molar-refractivity contribution in [3.8, 4) is 0 Å². The minimum atomic E-state index is -1.40. The number of aliphatic hydroxyl groups is 4. The van der Waals surface area contributed by atoms with Crippen LogP contribution in [0.3, 0.4) is 0 Å². The van der Waals surface area contributed by atoms with E-state index in [9.17, 15) is 20.4 Å². The second-order valence-corrected chi connectivity index (χ2v) is 14.8. The number of aliphatic hydroxyl groups excluding tert-OH is 4. The van der Waals surface area contributed by atoms with Crippen molar-refractivity contribution < 1.29 is 29.9 Å². The van der Waals surface area contributed by atoms with Gasteiger partial charge in [-0.25, -0.2) is 0 Å². The molecule has 0 amide bonds. The molecule has 0 aromatic rings. The quantitative estimate of drug-likeness (QED) is 0.285. The molecule has 0 radical (unpaired) electrons. The standard InChI is InChI=1S/C35H56O6/c1-7-22(20(2)3)9-8-21(4)26-12-13-27-25-11-10-23-18-24(14-16-34(23,5)28(25)15-17-35(26,27)6)40-33-32(39)31(38)30(37)29(19-36)41-33/h8-9,11,21-24,26-33,36-39H,2,7,10,12-19H2,1,3-6H3/b9-8+. The molecule has 41 heavy (non-hydrogen) atoms. The molecular weight excluding hydrogens is 516 g/mol. The van der Waals surface area contributed by atoms with Gasteiger partial charge in [0.1, 0.15) is 24.4 Å². The van der Waals surface area contributed by atoms with Crippen molar-refractivity contribution in [2.24, 2.45) is 46.3 Å². The van der Waals surface area contributed by atoms with Crippen LogP contribution in [0.4, 0.5) is 0 Å². The summed E-state index contributed by atoms with van der Waals surface area (Å²) in [6, 6.07) is 0. The smallest absolute Gasteiger partial charge is 0.186 e. The van der Waals surface area contributed by atoms with Gasteiger partial charge in [0.15, 0.2) is 6.29 Å². The maximum absolute atomic E-state index is 10.5. The number of rotatable bonds is 8. The molecule has 4 N–H and O–H groups in total. The summed E-state index contributed by atoms with van der Waals surface area (Å²) in [5, 5.41) is 40.4. The van der Waals surface area contributed by atoms with Crippen LogP contribution in [0, 0.1) is 46.3 Å². The number of allylic oxidation sites excluding steroid dienone is 5. The van der Waals surface area contributed by atoms with Crippen LogP contribution >= 0.6 is 0 Å². The molecule has 232 valence electrons. The molecule has 14 atom stereocenters.